The maximum Gasteiger partial charge on any atom is 0.225 e. The van der Waals surface area contributed by atoms with Crippen LogP contribution < -0.4 is 5.32 Å². The molecule has 22 heavy (non-hydrogen) atoms. The Morgan fingerprint density at radius 2 is 2.00 bits per heavy atom. The van der Waals surface area contributed by atoms with Gasteiger partial charge in [0.25, 0.3) is 0 Å². The van der Waals surface area contributed by atoms with Crippen molar-refractivity contribution in [1.82, 2.24) is 10.3 Å². The van der Waals surface area contributed by atoms with E-state index >= 15 is 0 Å². The fourth-order valence-electron chi connectivity index (χ4n) is 2.11. The number of rotatable bonds is 5. The van der Waals surface area contributed by atoms with Crippen molar-refractivity contribution in [3.63, 3.8) is 0 Å². The molecular weight excluding hydrogens is 312 g/mol. The molecule has 0 spiro atoms. The number of nitrogens with one attached hydrogen (secondary N) is 1. The van der Waals surface area contributed by atoms with Crippen LogP contribution in [0.3, 0.4) is 0 Å². The molecule has 1 N–H and O–H groups in total. The van der Waals surface area contributed by atoms with Gasteiger partial charge in [-0.05, 0) is 18.4 Å². The molecule has 2 heterocycles. The monoisotopic (exact) mass is 328 g/mol. The van der Waals surface area contributed by atoms with Crippen LogP contribution in [0, 0.1) is 6.92 Å². The molecule has 0 fully saturated rings. The Hall–Kier alpha value is -1.98. The maximum absolute atomic E-state index is 12.0. The Bertz CT molecular complexity index is 748. The lowest BCUT2D eigenvalue weighted by Gasteiger charge is -2.02. The molecule has 0 aliphatic heterocycles. The second-order valence-corrected chi connectivity index (χ2v) is 7.04. The van der Waals surface area contributed by atoms with Gasteiger partial charge in [-0.15, -0.1) is 22.7 Å². The first kappa shape index (κ1) is 14.9. The molecule has 2 aromatic heterocycles. The lowest BCUT2D eigenvalue weighted by Crippen LogP contribution is -2.24. The van der Waals surface area contributed by atoms with Crippen molar-refractivity contribution in [1.29, 1.82) is 0 Å². The lowest BCUT2D eigenvalue weighted by molar-refractivity contribution is -0.120. The third-order valence-corrected chi connectivity index (χ3v) is 5.36. The largest absolute Gasteiger partial charge is 0.351 e. The summed E-state index contributed by atoms with van der Waals surface area (Å²) in [5, 5.41) is 5.97. The van der Waals surface area contributed by atoms with Gasteiger partial charge in [0.15, 0.2) is 0 Å². The minimum Gasteiger partial charge on any atom is -0.351 e. The molecule has 5 heteroatoms. The van der Waals surface area contributed by atoms with Gasteiger partial charge >= 0.3 is 0 Å². The molecule has 3 aromatic rings. The van der Waals surface area contributed by atoms with Gasteiger partial charge in [-0.2, -0.15) is 0 Å². The lowest BCUT2D eigenvalue weighted by atomic mass is 10.2. The molecule has 0 aliphatic rings. The predicted octanol–water partition coefficient (Wildman–Crippen LogP) is 4.04. The Balaban J connectivity index is 1.63. The van der Waals surface area contributed by atoms with Crippen molar-refractivity contribution in [3.05, 3.63) is 63.3 Å². The molecular formula is C17H16N2OS2. The Morgan fingerprint density at radius 3 is 2.73 bits per heavy atom. The summed E-state index contributed by atoms with van der Waals surface area (Å²) < 4.78 is 0. The predicted molar refractivity (Wildman–Crippen MR) is 92.2 cm³/mol. The van der Waals surface area contributed by atoms with Gasteiger partial charge in [0.2, 0.25) is 5.91 Å². The van der Waals surface area contributed by atoms with E-state index in [1.54, 1.807) is 22.7 Å². The highest BCUT2D eigenvalue weighted by atomic mass is 32.1. The first-order chi connectivity index (χ1) is 10.7. The number of nitrogens with zero attached hydrogens (tertiary/aromatic N) is 1. The Morgan fingerprint density at radius 1 is 1.18 bits per heavy atom. The summed E-state index contributed by atoms with van der Waals surface area (Å²) in [5.74, 6) is 0.0523. The zero-order valence-electron chi connectivity index (χ0n) is 12.2. The molecule has 1 amide bonds. The molecule has 0 bridgehead atoms. The van der Waals surface area contributed by atoms with Crippen LogP contribution in [-0.2, 0) is 17.8 Å². The normalized spacial score (nSPS) is 10.6. The van der Waals surface area contributed by atoms with E-state index in [2.05, 4.69) is 22.4 Å². The van der Waals surface area contributed by atoms with E-state index in [1.807, 2.05) is 42.6 Å². The van der Waals surface area contributed by atoms with E-state index in [9.17, 15) is 4.79 Å². The summed E-state index contributed by atoms with van der Waals surface area (Å²) in [4.78, 5) is 18.8. The number of amides is 1. The van der Waals surface area contributed by atoms with Crippen molar-refractivity contribution in [2.45, 2.75) is 19.9 Å². The summed E-state index contributed by atoms with van der Waals surface area (Å²) in [6.07, 6.45) is 0.445. The van der Waals surface area contributed by atoms with Crippen molar-refractivity contribution in [2.75, 3.05) is 0 Å². The molecule has 3 rings (SSSR count). The summed E-state index contributed by atoms with van der Waals surface area (Å²) in [6, 6.07) is 14.1. The summed E-state index contributed by atoms with van der Waals surface area (Å²) in [7, 11) is 0. The number of benzene rings is 1. The highest BCUT2D eigenvalue weighted by Crippen LogP contribution is 2.27. The smallest absolute Gasteiger partial charge is 0.225 e. The van der Waals surface area contributed by atoms with Crippen molar-refractivity contribution < 1.29 is 4.79 Å². The van der Waals surface area contributed by atoms with Gasteiger partial charge in [-0.3, -0.25) is 4.79 Å². The number of aromatic nitrogens is 1. The molecule has 3 nitrogen and oxygen atoms in total. The van der Waals surface area contributed by atoms with Crippen molar-refractivity contribution >= 4 is 28.6 Å². The molecule has 0 aliphatic carbocycles. The number of thiophene rings is 1. The van der Waals surface area contributed by atoms with Crippen LogP contribution in [0.25, 0.3) is 10.6 Å². The molecule has 0 atom stereocenters. The van der Waals surface area contributed by atoms with E-state index in [1.165, 1.54) is 0 Å². The number of thiazole rings is 1. The second-order valence-electron chi connectivity index (χ2n) is 4.93. The number of carbonyl (C=O) groups is 1. The topological polar surface area (TPSA) is 42.0 Å². The van der Waals surface area contributed by atoms with Gasteiger partial charge in [0.1, 0.15) is 5.01 Å². The van der Waals surface area contributed by atoms with Crippen LogP contribution in [0.5, 0.6) is 0 Å². The Labute approximate surface area is 137 Å². The van der Waals surface area contributed by atoms with Crippen LogP contribution in [0.15, 0.2) is 47.8 Å². The minimum absolute atomic E-state index is 0.0523. The van der Waals surface area contributed by atoms with Crippen molar-refractivity contribution in [3.8, 4) is 10.6 Å². The summed E-state index contributed by atoms with van der Waals surface area (Å²) in [6.45, 7) is 2.53. The molecule has 0 radical (unpaired) electrons. The zero-order valence-corrected chi connectivity index (χ0v) is 13.8. The molecule has 112 valence electrons. The molecule has 0 saturated heterocycles. The zero-order chi connectivity index (χ0) is 15.4. The number of carbonyl (C=O) groups excluding carboxylic acids is 1. The first-order valence-corrected chi connectivity index (χ1v) is 8.73. The fraction of sp³-hybridized carbons (Fsp3) is 0.176. The second kappa shape index (κ2) is 6.85. The van der Waals surface area contributed by atoms with E-state index in [4.69, 9.17) is 0 Å². The minimum atomic E-state index is 0.0523. The Kier molecular flexibility index (Phi) is 4.65. The van der Waals surface area contributed by atoms with Crippen molar-refractivity contribution in [2.24, 2.45) is 0 Å². The SMILES string of the molecule is Cc1nc(-c2ccccc2)sc1CNC(=O)Cc1cccs1. The average Bonchev–Trinajstić information content (AvgIpc) is 3.16. The van der Waals surface area contributed by atoms with Gasteiger partial charge in [-0.25, -0.2) is 4.98 Å². The standard InChI is InChI=1S/C17H16N2OS2/c1-12-15(11-18-16(20)10-14-8-5-9-21-14)22-17(19-12)13-6-3-2-4-7-13/h2-9H,10-11H2,1H3,(H,18,20). The fourth-order valence-corrected chi connectivity index (χ4v) is 3.82. The number of hydrogen-bond acceptors (Lipinski definition) is 4. The van der Waals surface area contributed by atoms with Gasteiger partial charge in [0, 0.05) is 15.3 Å². The highest BCUT2D eigenvalue weighted by Gasteiger charge is 2.11. The molecule has 0 unspecified atom stereocenters. The summed E-state index contributed by atoms with van der Waals surface area (Å²) >= 11 is 3.25. The first-order valence-electron chi connectivity index (χ1n) is 7.03. The maximum atomic E-state index is 12.0. The van der Waals surface area contributed by atoms with Gasteiger partial charge in [0.05, 0.1) is 18.7 Å². The van der Waals surface area contributed by atoms with Crippen LogP contribution >= 0.6 is 22.7 Å². The summed E-state index contributed by atoms with van der Waals surface area (Å²) in [5.41, 5.74) is 2.10. The quantitative estimate of drug-likeness (QED) is 0.768. The molecule has 1 aromatic carbocycles. The third-order valence-electron chi connectivity index (χ3n) is 3.27. The van der Waals surface area contributed by atoms with Crippen LogP contribution in [0.4, 0.5) is 0 Å². The molecule has 0 saturated carbocycles. The van der Waals surface area contributed by atoms with Gasteiger partial charge < -0.3 is 5.32 Å². The number of hydrogen-bond donors (Lipinski definition) is 1. The van der Waals surface area contributed by atoms with E-state index < -0.39 is 0 Å². The van der Waals surface area contributed by atoms with Crippen LogP contribution in [-0.4, -0.2) is 10.9 Å². The number of aryl methyl sites for hydroxylation is 1. The van der Waals surface area contributed by atoms with E-state index in [0.29, 0.717) is 13.0 Å². The van der Waals surface area contributed by atoms with Crippen LogP contribution in [0.2, 0.25) is 0 Å². The highest BCUT2D eigenvalue weighted by molar-refractivity contribution is 7.15. The van der Waals surface area contributed by atoms with Gasteiger partial charge in [-0.1, -0.05) is 36.4 Å². The van der Waals surface area contributed by atoms with Crippen LogP contribution in [0.1, 0.15) is 15.4 Å². The third kappa shape index (κ3) is 3.61. The van der Waals surface area contributed by atoms with E-state index in [0.717, 1.165) is 26.0 Å². The van der Waals surface area contributed by atoms with E-state index in [-0.39, 0.29) is 5.91 Å². The average molecular weight is 328 g/mol.